The second-order valence-corrected chi connectivity index (χ2v) is 10.9. The van der Waals surface area contributed by atoms with E-state index in [1.54, 1.807) is 32.2 Å². The second kappa shape index (κ2) is 11.9. The van der Waals surface area contributed by atoms with Crippen molar-refractivity contribution in [2.45, 2.75) is 71.9 Å². The zero-order valence-electron chi connectivity index (χ0n) is 22.1. The zero-order valence-corrected chi connectivity index (χ0v) is 22.9. The number of carbonyl (C=O) groups is 4. The molecule has 1 aromatic carbocycles. The monoisotopic (exact) mass is 538 g/mol. The quantitative estimate of drug-likeness (QED) is 0.385. The van der Waals surface area contributed by atoms with E-state index in [-0.39, 0.29) is 30.1 Å². The van der Waals surface area contributed by atoms with E-state index in [0.29, 0.717) is 26.1 Å². The summed E-state index contributed by atoms with van der Waals surface area (Å²) in [5.74, 6) is -1.42. The van der Waals surface area contributed by atoms with Gasteiger partial charge in [-0.05, 0) is 30.0 Å². The highest BCUT2D eigenvalue weighted by Gasteiger charge is 2.54. The molecule has 0 bridgehead atoms. The van der Waals surface area contributed by atoms with Crippen LogP contribution in [0.5, 0.6) is 0 Å². The molecule has 0 saturated carbocycles. The molecule has 2 N–H and O–H groups in total. The van der Waals surface area contributed by atoms with Gasteiger partial charge < -0.3 is 19.5 Å². The van der Waals surface area contributed by atoms with Gasteiger partial charge in [0, 0.05) is 26.6 Å². The molecule has 3 atom stereocenters. The van der Waals surface area contributed by atoms with Crippen LogP contribution in [0.3, 0.4) is 0 Å². The summed E-state index contributed by atoms with van der Waals surface area (Å²) in [6.45, 7) is 8.52. The van der Waals surface area contributed by atoms with Gasteiger partial charge in [0.1, 0.15) is 6.10 Å². The van der Waals surface area contributed by atoms with Gasteiger partial charge in [0.15, 0.2) is 6.04 Å². The van der Waals surface area contributed by atoms with E-state index >= 15 is 0 Å². The Balaban J connectivity index is 1.85. The molecular formula is C26H37ClN3O7+. The van der Waals surface area contributed by atoms with E-state index in [1.165, 1.54) is 0 Å². The summed E-state index contributed by atoms with van der Waals surface area (Å²) in [5.41, 5.74) is 0.318. The van der Waals surface area contributed by atoms with Crippen molar-refractivity contribution in [3.63, 3.8) is 0 Å². The Morgan fingerprint density at radius 2 is 1.89 bits per heavy atom. The van der Waals surface area contributed by atoms with E-state index in [1.807, 2.05) is 20.8 Å². The number of urea groups is 1. The molecule has 4 amide bonds. The Kier molecular flexibility index (Phi) is 9.33. The lowest BCUT2D eigenvalue weighted by Crippen LogP contribution is -2.68. The highest BCUT2D eigenvalue weighted by molar-refractivity contribution is 6.34. The largest absolute Gasteiger partial charge is 0.439 e. The molecular weight excluding hydrogens is 502 g/mol. The van der Waals surface area contributed by atoms with Crippen molar-refractivity contribution in [1.82, 2.24) is 10.6 Å². The van der Waals surface area contributed by atoms with Crippen LogP contribution >= 0.6 is 11.6 Å². The number of imide groups is 1. The fourth-order valence-corrected chi connectivity index (χ4v) is 5.06. The molecule has 1 aromatic rings. The van der Waals surface area contributed by atoms with Crippen LogP contribution in [0.1, 0.15) is 62.9 Å². The van der Waals surface area contributed by atoms with Crippen molar-refractivity contribution in [3.05, 3.63) is 34.3 Å². The number of halogens is 1. The van der Waals surface area contributed by atoms with Gasteiger partial charge in [-0.25, -0.2) is 9.59 Å². The van der Waals surface area contributed by atoms with Crippen molar-refractivity contribution in [1.29, 1.82) is 0 Å². The minimum Gasteiger partial charge on any atom is -0.439 e. The number of nitrogens with one attached hydrogen (secondary N) is 2. The Morgan fingerprint density at radius 3 is 2.46 bits per heavy atom. The summed E-state index contributed by atoms with van der Waals surface area (Å²) >= 11 is 6.37. The minimum absolute atomic E-state index is 0.0251. The van der Waals surface area contributed by atoms with E-state index in [0.717, 1.165) is 5.56 Å². The van der Waals surface area contributed by atoms with Gasteiger partial charge in [-0.1, -0.05) is 38.4 Å². The molecule has 10 nitrogen and oxygen atoms in total. The Morgan fingerprint density at radius 1 is 1.22 bits per heavy atom. The summed E-state index contributed by atoms with van der Waals surface area (Å²) < 4.78 is 15.4. The lowest BCUT2D eigenvalue weighted by Gasteiger charge is -2.37. The maximum Gasteiger partial charge on any atom is 0.427 e. The fraction of sp³-hybridized carbons (Fsp3) is 0.615. The number of cyclic esters (lactones) is 1. The van der Waals surface area contributed by atoms with E-state index < -0.39 is 52.1 Å². The number of carbonyl (C=O) groups excluding carboxylic acids is 4. The van der Waals surface area contributed by atoms with Crippen LogP contribution in [0.4, 0.5) is 4.79 Å². The van der Waals surface area contributed by atoms with E-state index in [9.17, 15) is 19.2 Å². The van der Waals surface area contributed by atoms with E-state index in [2.05, 4.69) is 10.6 Å². The molecule has 0 aliphatic carbocycles. The van der Waals surface area contributed by atoms with Crippen LogP contribution in [0.2, 0.25) is 5.02 Å². The molecule has 2 fully saturated rings. The van der Waals surface area contributed by atoms with Crippen LogP contribution < -0.4 is 10.6 Å². The molecule has 3 rings (SSSR count). The van der Waals surface area contributed by atoms with Crippen LogP contribution in [-0.2, 0) is 30.4 Å². The number of amides is 4. The summed E-state index contributed by atoms with van der Waals surface area (Å²) in [6, 6.07) is 3.40. The molecule has 2 heterocycles. The smallest absolute Gasteiger partial charge is 0.427 e. The molecule has 2 aliphatic heterocycles. The molecule has 2 aliphatic rings. The van der Waals surface area contributed by atoms with E-state index in [4.69, 9.17) is 25.8 Å². The van der Waals surface area contributed by atoms with Crippen LogP contribution in [-0.4, -0.2) is 73.5 Å². The van der Waals surface area contributed by atoms with Crippen LogP contribution in [0.15, 0.2) is 18.2 Å². The Bertz CT molecular complexity index is 1030. The molecule has 2 saturated heterocycles. The molecule has 0 spiro atoms. The van der Waals surface area contributed by atoms with Crippen molar-refractivity contribution in [3.8, 4) is 0 Å². The summed E-state index contributed by atoms with van der Waals surface area (Å²) in [6.07, 6.45) is -0.250. The van der Waals surface area contributed by atoms with Gasteiger partial charge >= 0.3 is 17.9 Å². The topological polar surface area (TPSA) is 120 Å². The second-order valence-electron chi connectivity index (χ2n) is 10.5. The van der Waals surface area contributed by atoms with Gasteiger partial charge in [-0.2, -0.15) is 4.48 Å². The number of hydrogen-bond acceptors (Lipinski definition) is 7. The standard InChI is InChI=1S/C26H36ClN3O7/c1-6-36-19-14-20(31)37-23(19)29-25(34)30(11-7-8-12-30)24(33)21(26(2,3)4)28-22(32)17-10-9-16(15-35-5)13-18(17)27/h9-10,13,19,21,23H,6-8,11-12,14-15H2,1-5H3,(H-,28,29,32,34)/p+1/t19-,21+,23+/m0/s1. The summed E-state index contributed by atoms with van der Waals surface area (Å²) in [7, 11) is 1.56. The summed E-state index contributed by atoms with van der Waals surface area (Å²) in [5, 5.41) is 5.80. The Labute approximate surface area is 222 Å². The highest BCUT2D eigenvalue weighted by Crippen LogP contribution is 2.30. The van der Waals surface area contributed by atoms with Gasteiger partial charge in [0.2, 0.25) is 6.23 Å². The maximum absolute atomic E-state index is 14.1. The normalized spacial score (nSPS) is 21.8. The lowest BCUT2D eigenvalue weighted by molar-refractivity contribution is -0.761. The Hall–Kier alpha value is -2.53. The lowest BCUT2D eigenvalue weighted by atomic mass is 9.85. The molecule has 0 aromatic heterocycles. The number of methoxy groups -OCH3 is 1. The predicted octanol–water partition coefficient (Wildman–Crippen LogP) is 3.16. The first-order valence-corrected chi connectivity index (χ1v) is 12.9. The number of ether oxygens (including phenoxy) is 3. The third-order valence-electron chi connectivity index (χ3n) is 6.73. The number of likely N-dealkylation sites (tertiary alicyclic amines) is 1. The number of rotatable bonds is 8. The van der Waals surface area contributed by atoms with Gasteiger partial charge in [-0.15, -0.1) is 0 Å². The fourth-order valence-electron chi connectivity index (χ4n) is 4.77. The summed E-state index contributed by atoms with van der Waals surface area (Å²) in [4.78, 5) is 52.8. The zero-order chi connectivity index (χ0) is 27.4. The molecule has 37 heavy (non-hydrogen) atoms. The number of benzene rings is 1. The first-order valence-electron chi connectivity index (χ1n) is 12.5. The third-order valence-corrected chi connectivity index (χ3v) is 7.04. The maximum atomic E-state index is 14.1. The number of nitrogens with zero attached hydrogens (tertiary/aromatic N) is 1. The van der Waals surface area contributed by atoms with Crippen LogP contribution in [0, 0.1) is 5.41 Å². The van der Waals surface area contributed by atoms with Gasteiger partial charge in [0.25, 0.3) is 5.91 Å². The van der Waals surface area contributed by atoms with Crippen molar-refractivity contribution >= 4 is 35.4 Å². The van der Waals surface area contributed by atoms with Gasteiger partial charge in [-0.3, -0.25) is 14.9 Å². The first-order chi connectivity index (χ1) is 17.4. The van der Waals surface area contributed by atoms with Crippen molar-refractivity contribution < 1.29 is 37.9 Å². The average molecular weight is 539 g/mol. The van der Waals surface area contributed by atoms with Crippen molar-refractivity contribution in [2.75, 3.05) is 26.8 Å². The SMILES string of the molecule is CCO[C@H]1CC(=O)O[C@H]1NC(=O)[N+]1(C(=O)[C@@H](NC(=O)c2ccc(COC)cc2Cl)C(C)(C)C)CCCC1. The minimum atomic E-state index is -0.993. The molecule has 204 valence electrons. The van der Waals surface area contributed by atoms with Crippen LogP contribution in [0.25, 0.3) is 0 Å². The van der Waals surface area contributed by atoms with Gasteiger partial charge in [0.05, 0.1) is 36.7 Å². The molecule has 0 radical (unpaired) electrons. The average Bonchev–Trinajstić information content (AvgIpc) is 3.44. The predicted molar refractivity (Wildman–Crippen MR) is 136 cm³/mol. The number of hydrogen-bond donors (Lipinski definition) is 2. The highest BCUT2D eigenvalue weighted by atomic mass is 35.5. The molecule has 0 unspecified atom stereocenters. The first kappa shape index (κ1) is 29.0. The number of quaternary nitrogens is 1. The number of esters is 1. The van der Waals surface area contributed by atoms with Crippen molar-refractivity contribution in [2.24, 2.45) is 5.41 Å². The third kappa shape index (κ3) is 6.49. The molecule has 11 heteroatoms.